The fourth-order valence-corrected chi connectivity index (χ4v) is 3.21. The molecule has 0 amide bonds. The molecule has 0 atom stereocenters. The van der Waals surface area contributed by atoms with Gasteiger partial charge in [0.15, 0.2) is 5.76 Å². The van der Waals surface area contributed by atoms with Gasteiger partial charge in [-0.3, -0.25) is 10.0 Å². The number of fused-ring (bicyclic) bond motifs is 1. The number of rotatable bonds is 6. The number of anilines is 2. The Morgan fingerprint density at radius 2 is 1.43 bits per heavy atom. The molecule has 5 heteroatoms. The third-order valence-electron chi connectivity index (χ3n) is 4.88. The molecule has 0 unspecified atom stereocenters. The first kappa shape index (κ1) is 19.5. The molecule has 0 saturated heterocycles. The first-order valence-corrected chi connectivity index (χ1v) is 9.81. The summed E-state index contributed by atoms with van der Waals surface area (Å²) in [7, 11) is 3.86. The second-order valence-electron chi connectivity index (χ2n) is 7.02. The van der Waals surface area contributed by atoms with E-state index in [1.165, 1.54) is 0 Å². The molecule has 0 N–H and O–H groups in total. The third kappa shape index (κ3) is 4.25. The van der Waals surface area contributed by atoms with Crippen LogP contribution >= 0.6 is 0 Å². The molecule has 4 aromatic rings. The summed E-state index contributed by atoms with van der Waals surface area (Å²) in [6, 6.07) is 28.1. The van der Waals surface area contributed by atoms with Crippen LogP contribution in [-0.2, 0) is 0 Å². The van der Waals surface area contributed by atoms with Crippen molar-refractivity contribution in [2.45, 2.75) is 6.92 Å². The van der Waals surface area contributed by atoms with Crippen molar-refractivity contribution in [1.29, 1.82) is 0 Å². The zero-order valence-electron chi connectivity index (χ0n) is 17.4. The first-order chi connectivity index (χ1) is 14.6. The minimum absolute atomic E-state index is 0.741. The SMILES string of the molecule is C/C(=N\N(C)c1ccccc1)c1cc2c(/C=N\N(C)c3ccccc3)cccc2o1. The van der Waals surface area contributed by atoms with Crippen molar-refractivity contribution in [3.63, 3.8) is 0 Å². The molecule has 0 saturated carbocycles. The van der Waals surface area contributed by atoms with Gasteiger partial charge in [-0.25, -0.2) is 0 Å². The standard InChI is InChI=1S/C25H24N4O/c1-19(27-29(3)22-14-8-5-9-15-22)25-17-23-20(11-10-16-24(23)30-25)18-26-28(2)21-12-6-4-7-13-21/h4-18H,1-3H3/b26-18-,27-19+. The largest absolute Gasteiger partial charge is 0.455 e. The van der Waals surface area contributed by atoms with Crippen molar-refractivity contribution in [2.75, 3.05) is 24.1 Å². The van der Waals surface area contributed by atoms with Gasteiger partial charge < -0.3 is 4.42 Å². The number of nitrogens with zero attached hydrogens (tertiary/aromatic N) is 4. The van der Waals surface area contributed by atoms with Crippen LogP contribution in [0.2, 0.25) is 0 Å². The predicted molar refractivity (Wildman–Crippen MR) is 126 cm³/mol. The molecule has 0 aliphatic carbocycles. The smallest absolute Gasteiger partial charge is 0.151 e. The van der Waals surface area contributed by atoms with E-state index >= 15 is 0 Å². The molecule has 1 aromatic heterocycles. The molecule has 4 rings (SSSR count). The Kier molecular flexibility index (Phi) is 5.61. The highest BCUT2D eigenvalue weighted by Crippen LogP contribution is 2.24. The number of benzene rings is 3. The second kappa shape index (κ2) is 8.66. The zero-order valence-corrected chi connectivity index (χ0v) is 17.4. The van der Waals surface area contributed by atoms with Gasteiger partial charge in [-0.15, -0.1) is 0 Å². The molecule has 5 nitrogen and oxygen atoms in total. The van der Waals surface area contributed by atoms with Crippen LogP contribution in [0.4, 0.5) is 11.4 Å². The third-order valence-corrected chi connectivity index (χ3v) is 4.88. The fourth-order valence-electron chi connectivity index (χ4n) is 3.21. The van der Waals surface area contributed by atoms with E-state index in [4.69, 9.17) is 4.42 Å². The fraction of sp³-hybridized carbons (Fsp3) is 0.120. The van der Waals surface area contributed by atoms with E-state index < -0.39 is 0 Å². The van der Waals surface area contributed by atoms with E-state index in [2.05, 4.69) is 10.2 Å². The van der Waals surface area contributed by atoms with Crippen molar-refractivity contribution >= 4 is 34.3 Å². The van der Waals surface area contributed by atoms with Crippen LogP contribution in [0.3, 0.4) is 0 Å². The molecular formula is C25H24N4O. The van der Waals surface area contributed by atoms with Gasteiger partial charge in [0, 0.05) is 25.0 Å². The molecule has 1 heterocycles. The summed E-state index contributed by atoms with van der Waals surface area (Å²) in [5.41, 5.74) is 4.66. The normalized spacial score (nSPS) is 11.9. The molecule has 0 bridgehead atoms. The quantitative estimate of drug-likeness (QED) is 0.307. The summed E-state index contributed by atoms with van der Waals surface area (Å²) in [5.74, 6) is 0.741. The Bertz CT molecular complexity index is 1180. The van der Waals surface area contributed by atoms with Gasteiger partial charge in [0.05, 0.1) is 17.6 Å². The summed E-state index contributed by atoms with van der Waals surface area (Å²) in [4.78, 5) is 0. The summed E-state index contributed by atoms with van der Waals surface area (Å²) in [5, 5.41) is 14.0. The number of hydrogen-bond donors (Lipinski definition) is 0. The highest BCUT2D eigenvalue weighted by atomic mass is 16.3. The number of hydrazone groups is 2. The van der Waals surface area contributed by atoms with Crippen molar-refractivity contribution in [3.05, 3.63) is 96.3 Å². The first-order valence-electron chi connectivity index (χ1n) is 9.81. The lowest BCUT2D eigenvalue weighted by Crippen LogP contribution is -2.11. The molecule has 30 heavy (non-hydrogen) atoms. The Hall–Kier alpha value is -3.86. The van der Waals surface area contributed by atoms with E-state index in [1.807, 2.05) is 122 Å². The molecule has 0 spiro atoms. The van der Waals surface area contributed by atoms with Crippen LogP contribution in [0.25, 0.3) is 11.0 Å². The van der Waals surface area contributed by atoms with Gasteiger partial charge in [-0.2, -0.15) is 10.2 Å². The minimum Gasteiger partial charge on any atom is -0.455 e. The van der Waals surface area contributed by atoms with Gasteiger partial charge in [0.2, 0.25) is 0 Å². The monoisotopic (exact) mass is 396 g/mol. The molecule has 0 aliphatic rings. The lowest BCUT2D eigenvalue weighted by Gasteiger charge is -2.13. The Labute approximate surface area is 176 Å². The summed E-state index contributed by atoms with van der Waals surface area (Å²) in [6.45, 7) is 1.95. The number of furan rings is 1. The summed E-state index contributed by atoms with van der Waals surface area (Å²) in [6.07, 6.45) is 1.86. The molecular weight excluding hydrogens is 372 g/mol. The van der Waals surface area contributed by atoms with Gasteiger partial charge in [0.1, 0.15) is 11.3 Å². The van der Waals surface area contributed by atoms with Gasteiger partial charge in [0.25, 0.3) is 0 Å². The van der Waals surface area contributed by atoms with Crippen LogP contribution in [0.5, 0.6) is 0 Å². The summed E-state index contributed by atoms with van der Waals surface area (Å²) >= 11 is 0. The maximum Gasteiger partial charge on any atom is 0.151 e. The Balaban J connectivity index is 1.60. The average Bonchev–Trinajstić information content (AvgIpc) is 3.24. The average molecular weight is 396 g/mol. The van der Waals surface area contributed by atoms with Crippen LogP contribution in [0.1, 0.15) is 18.2 Å². The van der Waals surface area contributed by atoms with Crippen molar-refractivity contribution in [3.8, 4) is 0 Å². The molecule has 150 valence electrons. The van der Waals surface area contributed by atoms with E-state index in [9.17, 15) is 0 Å². The lowest BCUT2D eigenvalue weighted by molar-refractivity contribution is 0.603. The molecule has 0 fully saturated rings. The summed E-state index contributed by atoms with van der Waals surface area (Å²) < 4.78 is 6.07. The van der Waals surface area contributed by atoms with Crippen LogP contribution in [0.15, 0.2) is 99.5 Å². The molecule has 3 aromatic carbocycles. The Morgan fingerprint density at radius 3 is 2.10 bits per heavy atom. The van der Waals surface area contributed by atoms with Crippen LogP contribution < -0.4 is 10.0 Å². The topological polar surface area (TPSA) is 44.3 Å². The maximum atomic E-state index is 6.07. The maximum absolute atomic E-state index is 6.07. The van der Waals surface area contributed by atoms with E-state index in [1.54, 1.807) is 0 Å². The van der Waals surface area contributed by atoms with Gasteiger partial charge in [-0.05, 0) is 43.3 Å². The van der Waals surface area contributed by atoms with E-state index in [0.29, 0.717) is 0 Å². The number of para-hydroxylation sites is 2. The van der Waals surface area contributed by atoms with Crippen molar-refractivity contribution in [1.82, 2.24) is 0 Å². The van der Waals surface area contributed by atoms with Gasteiger partial charge in [-0.1, -0.05) is 48.5 Å². The number of hydrogen-bond acceptors (Lipinski definition) is 5. The lowest BCUT2D eigenvalue weighted by atomic mass is 10.1. The molecule has 0 aliphatic heterocycles. The van der Waals surface area contributed by atoms with Crippen LogP contribution in [0, 0.1) is 0 Å². The second-order valence-corrected chi connectivity index (χ2v) is 7.02. The van der Waals surface area contributed by atoms with E-state index in [-0.39, 0.29) is 0 Å². The van der Waals surface area contributed by atoms with E-state index in [0.717, 1.165) is 39.4 Å². The Morgan fingerprint density at radius 1 is 0.800 bits per heavy atom. The predicted octanol–water partition coefficient (Wildman–Crippen LogP) is 5.76. The van der Waals surface area contributed by atoms with Crippen molar-refractivity contribution < 1.29 is 4.42 Å². The van der Waals surface area contributed by atoms with Gasteiger partial charge >= 0.3 is 0 Å². The molecule has 0 radical (unpaired) electrons. The highest BCUT2D eigenvalue weighted by molar-refractivity contribution is 6.04. The van der Waals surface area contributed by atoms with Crippen molar-refractivity contribution in [2.24, 2.45) is 10.2 Å². The zero-order chi connectivity index (χ0) is 20.9. The highest BCUT2D eigenvalue weighted by Gasteiger charge is 2.10. The minimum atomic E-state index is 0.741. The van der Waals surface area contributed by atoms with Crippen LogP contribution in [-0.4, -0.2) is 26.0 Å².